The van der Waals surface area contributed by atoms with E-state index in [4.69, 9.17) is 0 Å². The Bertz CT molecular complexity index is 1080. The molecular weight excluding hydrogens is 370 g/mol. The minimum Gasteiger partial charge on any atom is -0.504 e. The van der Waals surface area contributed by atoms with Crippen LogP contribution in [0.4, 0.5) is 0 Å². The van der Waals surface area contributed by atoms with Gasteiger partial charge >= 0.3 is 0 Å². The van der Waals surface area contributed by atoms with Gasteiger partial charge in [-0.05, 0) is 29.3 Å². The average Bonchev–Trinajstić information content (AvgIpc) is 2.65. The Kier molecular flexibility index (Phi) is 4.93. The third-order valence-corrected chi connectivity index (χ3v) is 5.40. The van der Waals surface area contributed by atoms with Gasteiger partial charge in [-0.25, -0.2) is 13.1 Å². The fraction of sp³-hybridized carbons (Fsp3) is 0.0526. The number of aromatic hydroxyl groups is 4. The molecule has 0 atom stereocenters. The SMILES string of the molecule is O=S(=O)(NCc1ccccc1)c1cc(O)c(O)cc1-c1ccc(O)c(O)c1. The van der Waals surface area contributed by atoms with Crippen molar-refractivity contribution < 1.29 is 28.8 Å². The summed E-state index contributed by atoms with van der Waals surface area (Å²) in [5.41, 5.74) is 1.04. The molecule has 0 aliphatic rings. The van der Waals surface area contributed by atoms with E-state index in [1.807, 2.05) is 6.07 Å². The highest BCUT2D eigenvalue weighted by atomic mass is 32.2. The van der Waals surface area contributed by atoms with E-state index in [-0.39, 0.29) is 28.3 Å². The monoisotopic (exact) mass is 387 g/mol. The van der Waals surface area contributed by atoms with Gasteiger partial charge in [0.25, 0.3) is 0 Å². The molecule has 0 aliphatic heterocycles. The Morgan fingerprint density at radius 2 is 1.37 bits per heavy atom. The van der Waals surface area contributed by atoms with Gasteiger partial charge in [-0.2, -0.15) is 0 Å². The molecule has 3 aromatic rings. The van der Waals surface area contributed by atoms with Crippen LogP contribution in [0.15, 0.2) is 65.6 Å². The van der Waals surface area contributed by atoms with Gasteiger partial charge in [0, 0.05) is 18.2 Å². The van der Waals surface area contributed by atoms with Crippen LogP contribution in [0, 0.1) is 0 Å². The molecule has 0 fully saturated rings. The number of sulfonamides is 1. The summed E-state index contributed by atoms with van der Waals surface area (Å²) in [7, 11) is -4.06. The highest BCUT2D eigenvalue weighted by Crippen LogP contribution is 2.39. The minimum absolute atomic E-state index is 0.0328. The van der Waals surface area contributed by atoms with Crippen molar-refractivity contribution in [2.45, 2.75) is 11.4 Å². The highest BCUT2D eigenvalue weighted by molar-refractivity contribution is 7.89. The number of hydrogen-bond donors (Lipinski definition) is 5. The Balaban J connectivity index is 2.05. The second-order valence-corrected chi connectivity index (χ2v) is 7.59. The van der Waals surface area contributed by atoms with Crippen molar-refractivity contribution >= 4 is 10.0 Å². The molecule has 140 valence electrons. The first-order valence-corrected chi connectivity index (χ1v) is 9.38. The molecular formula is C19H17NO6S. The predicted molar refractivity (Wildman–Crippen MR) is 99.0 cm³/mol. The molecule has 0 aliphatic carbocycles. The molecule has 0 saturated heterocycles. The summed E-state index contributed by atoms with van der Waals surface area (Å²) >= 11 is 0. The molecule has 3 rings (SSSR count). The molecule has 0 amide bonds. The molecule has 0 radical (unpaired) electrons. The van der Waals surface area contributed by atoms with E-state index in [0.717, 1.165) is 23.8 Å². The van der Waals surface area contributed by atoms with E-state index in [0.29, 0.717) is 0 Å². The summed E-state index contributed by atoms with van der Waals surface area (Å²) in [5.74, 6) is -1.92. The zero-order valence-electron chi connectivity index (χ0n) is 14.0. The van der Waals surface area contributed by atoms with Crippen molar-refractivity contribution in [1.82, 2.24) is 4.72 Å². The minimum atomic E-state index is -4.06. The van der Waals surface area contributed by atoms with Gasteiger partial charge in [0.15, 0.2) is 23.0 Å². The van der Waals surface area contributed by atoms with Crippen molar-refractivity contribution in [3.63, 3.8) is 0 Å². The molecule has 0 spiro atoms. The standard InChI is InChI=1S/C19H17NO6S/c21-15-7-6-13(8-16(15)22)14-9-17(23)18(24)10-19(14)27(25,26)20-11-12-4-2-1-3-5-12/h1-10,20-24H,11H2. The topological polar surface area (TPSA) is 127 Å². The Hall–Kier alpha value is -3.23. The second-order valence-electron chi connectivity index (χ2n) is 5.85. The maximum Gasteiger partial charge on any atom is 0.241 e. The number of phenolic OH excluding ortho intramolecular Hbond substituents is 4. The lowest BCUT2D eigenvalue weighted by Crippen LogP contribution is -2.23. The first-order chi connectivity index (χ1) is 12.8. The van der Waals surface area contributed by atoms with E-state index >= 15 is 0 Å². The first kappa shape index (κ1) is 18.6. The van der Waals surface area contributed by atoms with Crippen molar-refractivity contribution in [2.24, 2.45) is 0 Å². The summed E-state index contributed by atoms with van der Waals surface area (Å²) in [6.45, 7) is 0.0328. The number of benzene rings is 3. The summed E-state index contributed by atoms with van der Waals surface area (Å²) in [6.07, 6.45) is 0. The second kappa shape index (κ2) is 7.18. The lowest BCUT2D eigenvalue weighted by Gasteiger charge is -2.14. The quantitative estimate of drug-likeness (QED) is 0.428. The van der Waals surface area contributed by atoms with Crippen LogP contribution in [-0.4, -0.2) is 28.8 Å². The van der Waals surface area contributed by atoms with Crippen LogP contribution in [-0.2, 0) is 16.6 Å². The zero-order chi connectivity index (χ0) is 19.6. The normalized spacial score (nSPS) is 11.4. The van der Waals surface area contributed by atoms with Gasteiger partial charge in [0.05, 0.1) is 4.90 Å². The Labute approximate surface area is 155 Å². The molecule has 5 N–H and O–H groups in total. The Morgan fingerprint density at radius 3 is 2.04 bits per heavy atom. The average molecular weight is 387 g/mol. The van der Waals surface area contributed by atoms with Gasteiger partial charge in [-0.1, -0.05) is 36.4 Å². The maximum atomic E-state index is 12.8. The van der Waals surface area contributed by atoms with Crippen LogP contribution in [0.2, 0.25) is 0 Å². The van der Waals surface area contributed by atoms with Crippen LogP contribution in [0.1, 0.15) is 5.56 Å². The summed E-state index contributed by atoms with van der Waals surface area (Å²) < 4.78 is 28.0. The maximum absolute atomic E-state index is 12.8. The van der Waals surface area contributed by atoms with Gasteiger partial charge in [-0.3, -0.25) is 0 Å². The van der Waals surface area contributed by atoms with Crippen LogP contribution < -0.4 is 4.72 Å². The van der Waals surface area contributed by atoms with E-state index in [1.54, 1.807) is 24.3 Å². The molecule has 27 heavy (non-hydrogen) atoms. The van der Waals surface area contributed by atoms with Crippen molar-refractivity contribution in [3.8, 4) is 34.1 Å². The largest absolute Gasteiger partial charge is 0.504 e. The fourth-order valence-corrected chi connectivity index (χ4v) is 3.79. The summed E-state index contributed by atoms with van der Waals surface area (Å²) in [4.78, 5) is -0.279. The first-order valence-electron chi connectivity index (χ1n) is 7.90. The molecule has 7 nitrogen and oxygen atoms in total. The number of phenols is 4. The predicted octanol–water partition coefficient (Wildman–Crippen LogP) is 2.65. The third kappa shape index (κ3) is 3.97. The van der Waals surface area contributed by atoms with Crippen LogP contribution >= 0.6 is 0 Å². The van der Waals surface area contributed by atoms with Crippen LogP contribution in [0.25, 0.3) is 11.1 Å². The van der Waals surface area contributed by atoms with Crippen molar-refractivity contribution in [3.05, 3.63) is 66.2 Å². The van der Waals surface area contributed by atoms with E-state index in [1.165, 1.54) is 12.1 Å². The molecule has 8 heteroatoms. The third-order valence-electron chi connectivity index (χ3n) is 3.96. The molecule has 0 saturated carbocycles. The number of rotatable bonds is 5. The lowest BCUT2D eigenvalue weighted by atomic mass is 10.0. The van der Waals surface area contributed by atoms with E-state index < -0.39 is 27.3 Å². The number of nitrogens with one attached hydrogen (secondary N) is 1. The van der Waals surface area contributed by atoms with E-state index in [2.05, 4.69) is 4.72 Å². The molecule has 0 aromatic heterocycles. The zero-order valence-corrected chi connectivity index (χ0v) is 14.8. The molecule has 0 heterocycles. The summed E-state index contributed by atoms with van der Waals surface area (Å²) in [5, 5.41) is 38.8. The fourth-order valence-electron chi connectivity index (χ4n) is 2.55. The molecule has 3 aromatic carbocycles. The van der Waals surface area contributed by atoms with E-state index in [9.17, 15) is 28.8 Å². The number of hydrogen-bond acceptors (Lipinski definition) is 6. The van der Waals surface area contributed by atoms with Crippen LogP contribution in [0.3, 0.4) is 0 Å². The molecule has 0 bridgehead atoms. The highest BCUT2D eigenvalue weighted by Gasteiger charge is 2.22. The lowest BCUT2D eigenvalue weighted by molar-refractivity contribution is 0.402. The molecule has 0 unspecified atom stereocenters. The van der Waals surface area contributed by atoms with Gasteiger partial charge in [0.2, 0.25) is 10.0 Å². The Morgan fingerprint density at radius 1 is 0.741 bits per heavy atom. The van der Waals surface area contributed by atoms with Crippen molar-refractivity contribution in [2.75, 3.05) is 0 Å². The van der Waals surface area contributed by atoms with Crippen LogP contribution in [0.5, 0.6) is 23.0 Å². The summed E-state index contributed by atoms with van der Waals surface area (Å²) in [6, 6.07) is 14.6. The van der Waals surface area contributed by atoms with Crippen molar-refractivity contribution in [1.29, 1.82) is 0 Å². The van der Waals surface area contributed by atoms with Gasteiger partial charge < -0.3 is 20.4 Å². The van der Waals surface area contributed by atoms with Gasteiger partial charge in [-0.15, -0.1) is 0 Å². The van der Waals surface area contributed by atoms with Gasteiger partial charge in [0.1, 0.15) is 0 Å². The smallest absolute Gasteiger partial charge is 0.241 e.